The zero-order valence-electron chi connectivity index (χ0n) is 12.3. The van der Waals surface area contributed by atoms with Gasteiger partial charge in [0.1, 0.15) is 5.75 Å². The van der Waals surface area contributed by atoms with Gasteiger partial charge < -0.3 is 4.74 Å². The molecule has 0 fully saturated rings. The van der Waals surface area contributed by atoms with Gasteiger partial charge in [-0.15, -0.1) is 0 Å². The Balaban J connectivity index is 2.27. The number of methoxy groups -OCH3 is 1. The molecule has 2 aromatic rings. The van der Waals surface area contributed by atoms with Gasteiger partial charge in [0.15, 0.2) is 12.6 Å². The first-order valence-electron chi connectivity index (χ1n) is 6.86. The van der Waals surface area contributed by atoms with Crippen molar-refractivity contribution in [1.82, 2.24) is 0 Å². The van der Waals surface area contributed by atoms with Crippen molar-refractivity contribution in [2.45, 2.75) is 19.8 Å². The van der Waals surface area contributed by atoms with Gasteiger partial charge in [0.25, 0.3) is 0 Å². The van der Waals surface area contributed by atoms with Crippen LogP contribution in [-0.2, 0) is 12.8 Å². The lowest BCUT2D eigenvalue weighted by atomic mass is 9.95. The molecule has 21 heavy (non-hydrogen) atoms. The number of carbonyl (C=O) groups is 2. The molecule has 0 aliphatic rings. The standard InChI is InChI=1S/C18H18O3/c1-13-5-3-6-14(16(13)11-19)9-10-15-7-4-8-18(21-2)17(15)12-20/h3-8,11-12H,9-10H2,1-2H3. The summed E-state index contributed by atoms with van der Waals surface area (Å²) in [6.45, 7) is 1.93. The van der Waals surface area contributed by atoms with E-state index >= 15 is 0 Å². The molecular formula is C18H18O3. The van der Waals surface area contributed by atoms with Gasteiger partial charge in [-0.3, -0.25) is 9.59 Å². The third kappa shape index (κ3) is 3.19. The highest BCUT2D eigenvalue weighted by atomic mass is 16.5. The molecule has 0 heterocycles. The maximum absolute atomic E-state index is 11.3. The highest BCUT2D eigenvalue weighted by molar-refractivity contribution is 5.82. The van der Waals surface area contributed by atoms with Crippen molar-refractivity contribution in [3.05, 3.63) is 64.2 Å². The number of aryl methyl sites for hydroxylation is 3. The minimum absolute atomic E-state index is 0.584. The van der Waals surface area contributed by atoms with Crippen LogP contribution in [0.15, 0.2) is 36.4 Å². The average molecular weight is 282 g/mol. The first kappa shape index (κ1) is 15.0. The summed E-state index contributed by atoms with van der Waals surface area (Å²) in [7, 11) is 1.55. The minimum atomic E-state index is 0.584. The van der Waals surface area contributed by atoms with Gasteiger partial charge in [-0.25, -0.2) is 0 Å². The smallest absolute Gasteiger partial charge is 0.154 e. The lowest BCUT2D eigenvalue weighted by molar-refractivity contribution is 0.111. The molecule has 0 spiro atoms. The second-order valence-corrected chi connectivity index (χ2v) is 4.92. The van der Waals surface area contributed by atoms with Crippen molar-refractivity contribution < 1.29 is 14.3 Å². The van der Waals surface area contributed by atoms with Gasteiger partial charge in [0, 0.05) is 5.56 Å². The molecule has 0 saturated carbocycles. The Morgan fingerprint density at radius 1 is 0.905 bits per heavy atom. The van der Waals surface area contributed by atoms with Crippen molar-refractivity contribution in [1.29, 1.82) is 0 Å². The molecule has 0 aliphatic heterocycles. The largest absolute Gasteiger partial charge is 0.496 e. The maximum atomic E-state index is 11.3. The predicted molar refractivity (Wildman–Crippen MR) is 82.4 cm³/mol. The Labute approximate surface area is 124 Å². The molecule has 108 valence electrons. The zero-order valence-corrected chi connectivity index (χ0v) is 12.3. The van der Waals surface area contributed by atoms with E-state index in [1.807, 2.05) is 37.3 Å². The van der Waals surface area contributed by atoms with Crippen LogP contribution in [0.25, 0.3) is 0 Å². The molecule has 0 amide bonds. The Morgan fingerprint density at radius 2 is 1.48 bits per heavy atom. The van der Waals surface area contributed by atoms with Crippen LogP contribution in [0.4, 0.5) is 0 Å². The SMILES string of the molecule is COc1cccc(CCc2cccc(C)c2C=O)c1C=O. The van der Waals surface area contributed by atoms with E-state index in [2.05, 4.69) is 0 Å². The quantitative estimate of drug-likeness (QED) is 0.762. The van der Waals surface area contributed by atoms with Crippen LogP contribution < -0.4 is 4.74 Å². The van der Waals surface area contributed by atoms with Gasteiger partial charge in [-0.2, -0.15) is 0 Å². The molecule has 2 aromatic carbocycles. The summed E-state index contributed by atoms with van der Waals surface area (Å²) in [5.41, 5.74) is 4.24. The Hall–Kier alpha value is -2.42. The van der Waals surface area contributed by atoms with E-state index in [0.717, 1.165) is 34.8 Å². The van der Waals surface area contributed by atoms with Crippen molar-refractivity contribution >= 4 is 12.6 Å². The summed E-state index contributed by atoms with van der Waals surface area (Å²) in [6.07, 6.45) is 3.13. The summed E-state index contributed by atoms with van der Waals surface area (Å²) in [5.74, 6) is 0.586. The zero-order chi connectivity index (χ0) is 15.2. The first-order valence-corrected chi connectivity index (χ1v) is 6.86. The molecule has 0 radical (unpaired) electrons. The second kappa shape index (κ2) is 6.84. The number of aldehydes is 2. The third-order valence-corrected chi connectivity index (χ3v) is 3.69. The van der Waals surface area contributed by atoms with Crippen LogP contribution in [-0.4, -0.2) is 19.7 Å². The summed E-state index contributed by atoms with van der Waals surface area (Å²) < 4.78 is 5.21. The Kier molecular flexibility index (Phi) is 4.88. The molecule has 3 heteroatoms. The highest BCUT2D eigenvalue weighted by Gasteiger charge is 2.10. The third-order valence-electron chi connectivity index (χ3n) is 3.69. The fourth-order valence-electron chi connectivity index (χ4n) is 2.52. The number of carbonyl (C=O) groups excluding carboxylic acids is 2. The predicted octanol–water partition coefficient (Wildman–Crippen LogP) is 3.41. The molecule has 0 unspecified atom stereocenters. The minimum Gasteiger partial charge on any atom is -0.496 e. The van der Waals surface area contributed by atoms with Crippen LogP contribution in [0.3, 0.4) is 0 Å². The van der Waals surface area contributed by atoms with Gasteiger partial charge in [-0.1, -0.05) is 30.3 Å². The number of ether oxygens (including phenoxy) is 1. The van der Waals surface area contributed by atoms with Gasteiger partial charge in [0.05, 0.1) is 12.7 Å². The molecule has 0 aliphatic carbocycles. The van der Waals surface area contributed by atoms with Gasteiger partial charge in [-0.05, 0) is 42.5 Å². The fourth-order valence-corrected chi connectivity index (χ4v) is 2.52. The lowest BCUT2D eigenvalue weighted by Gasteiger charge is -2.11. The number of rotatable bonds is 6. The van der Waals surface area contributed by atoms with Crippen LogP contribution >= 0.6 is 0 Å². The lowest BCUT2D eigenvalue weighted by Crippen LogP contribution is -2.02. The van der Waals surface area contributed by atoms with Gasteiger partial charge >= 0.3 is 0 Å². The normalized spacial score (nSPS) is 10.2. The van der Waals surface area contributed by atoms with Crippen molar-refractivity contribution in [2.24, 2.45) is 0 Å². The molecule has 3 nitrogen and oxygen atoms in total. The van der Waals surface area contributed by atoms with E-state index in [1.54, 1.807) is 13.2 Å². The van der Waals surface area contributed by atoms with E-state index in [4.69, 9.17) is 4.74 Å². The van der Waals surface area contributed by atoms with Crippen molar-refractivity contribution in [3.63, 3.8) is 0 Å². The Bertz CT molecular complexity index is 660. The number of benzene rings is 2. The van der Waals surface area contributed by atoms with Gasteiger partial charge in [0.2, 0.25) is 0 Å². The van der Waals surface area contributed by atoms with Crippen molar-refractivity contribution in [2.75, 3.05) is 7.11 Å². The highest BCUT2D eigenvalue weighted by Crippen LogP contribution is 2.22. The summed E-state index contributed by atoms with van der Waals surface area (Å²) in [4.78, 5) is 22.5. The molecule has 0 saturated heterocycles. The van der Waals surface area contributed by atoms with E-state index in [-0.39, 0.29) is 0 Å². The van der Waals surface area contributed by atoms with Crippen LogP contribution in [0.2, 0.25) is 0 Å². The van der Waals surface area contributed by atoms with E-state index in [0.29, 0.717) is 24.2 Å². The summed E-state index contributed by atoms with van der Waals surface area (Å²) >= 11 is 0. The molecular weight excluding hydrogens is 264 g/mol. The maximum Gasteiger partial charge on any atom is 0.154 e. The fraction of sp³-hybridized carbons (Fsp3) is 0.222. The molecule has 2 rings (SSSR count). The number of hydrogen-bond donors (Lipinski definition) is 0. The molecule has 0 aromatic heterocycles. The van der Waals surface area contributed by atoms with Crippen molar-refractivity contribution in [3.8, 4) is 5.75 Å². The molecule has 0 atom stereocenters. The molecule has 0 bridgehead atoms. The summed E-state index contributed by atoms with van der Waals surface area (Å²) in [6, 6.07) is 11.4. The molecule has 0 N–H and O–H groups in total. The van der Waals surface area contributed by atoms with Crippen LogP contribution in [0.5, 0.6) is 5.75 Å². The van der Waals surface area contributed by atoms with E-state index in [1.165, 1.54) is 0 Å². The first-order chi connectivity index (χ1) is 10.2. The topological polar surface area (TPSA) is 43.4 Å². The van der Waals surface area contributed by atoms with E-state index < -0.39 is 0 Å². The monoisotopic (exact) mass is 282 g/mol. The summed E-state index contributed by atoms with van der Waals surface area (Å²) in [5, 5.41) is 0. The number of hydrogen-bond acceptors (Lipinski definition) is 3. The van der Waals surface area contributed by atoms with Crippen LogP contribution in [0, 0.1) is 6.92 Å². The Morgan fingerprint density at radius 3 is 2.05 bits per heavy atom. The second-order valence-electron chi connectivity index (χ2n) is 4.92. The van der Waals surface area contributed by atoms with Crippen LogP contribution in [0.1, 0.15) is 37.4 Å². The van der Waals surface area contributed by atoms with E-state index in [9.17, 15) is 9.59 Å². The average Bonchev–Trinajstić information content (AvgIpc) is 2.52.